The number of imide groups is 1. The van der Waals surface area contributed by atoms with E-state index in [1.54, 1.807) is 23.7 Å². The Hall–Kier alpha value is -2.20. The van der Waals surface area contributed by atoms with E-state index >= 15 is 0 Å². The second-order valence-electron chi connectivity index (χ2n) is 8.36. The van der Waals surface area contributed by atoms with E-state index in [1.165, 1.54) is 12.8 Å². The van der Waals surface area contributed by atoms with E-state index in [-0.39, 0.29) is 34.0 Å². The average Bonchev–Trinajstić information content (AvgIpc) is 3.47. The van der Waals surface area contributed by atoms with Gasteiger partial charge < -0.3 is 14.8 Å². The van der Waals surface area contributed by atoms with Gasteiger partial charge in [0.05, 0.1) is 21.1 Å². The van der Waals surface area contributed by atoms with Crippen molar-refractivity contribution in [2.45, 2.75) is 12.8 Å². The van der Waals surface area contributed by atoms with E-state index in [2.05, 4.69) is 31.5 Å². The van der Waals surface area contributed by atoms with Gasteiger partial charge in [0.25, 0.3) is 17.7 Å². The van der Waals surface area contributed by atoms with Gasteiger partial charge in [-0.1, -0.05) is 29.8 Å². The topological polar surface area (TPSA) is 83.4 Å². The Kier molecular flexibility index (Phi) is 7.19. The molecule has 2 aliphatic rings. The van der Waals surface area contributed by atoms with Crippen LogP contribution in [0.1, 0.15) is 44.0 Å². The molecule has 0 unspecified atom stereocenters. The molecule has 0 spiro atoms. The predicted octanol–water partition coefficient (Wildman–Crippen LogP) is 4.55. The third kappa shape index (κ3) is 4.08. The summed E-state index contributed by atoms with van der Waals surface area (Å²) in [6.07, 6.45) is 2.39. The van der Waals surface area contributed by atoms with Crippen LogP contribution in [-0.4, -0.2) is 53.4 Å². The number of hydrogen-bond donors (Lipinski definition) is 2. The summed E-state index contributed by atoms with van der Waals surface area (Å²) in [4.78, 5) is 41.0. The van der Waals surface area contributed by atoms with Gasteiger partial charge in [-0.2, -0.15) is 0 Å². The summed E-state index contributed by atoms with van der Waals surface area (Å²) in [6, 6.07) is 9.00. The Morgan fingerprint density at radius 1 is 1.12 bits per heavy atom. The number of carbonyl (C=O) groups excluding carboxylic acids is 3. The number of carbonyl (C=O) groups is 3. The van der Waals surface area contributed by atoms with Crippen molar-refractivity contribution in [1.82, 2.24) is 20.1 Å². The number of likely N-dealkylation sites (tertiary alicyclic amines) is 1. The number of amides is 3. The summed E-state index contributed by atoms with van der Waals surface area (Å²) >= 11 is 9.98. The first kappa shape index (κ1) is 24.9. The quantitative estimate of drug-likeness (QED) is 0.416. The number of benzene rings is 2. The largest absolute Gasteiger partial charge is 0.349 e. The van der Waals surface area contributed by atoms with Crippen molar-refractivity contribution < 1.29 is 14.4 Å². The van der Waals surface area contributed by atoms with Gasteiger partial charge in [0, 0.05) is 36.1 Å². The number of nitrogens with zero attached hydrogens (tertiary/aromatic N) is 2. The monoisotopic (exact) mass is 608 g/mol. The first-order chi connectivity index (χ1) is 15.9. The predicted molar refractivity (Wildman–Crippen MR) is 141 cm³/mol. The Bertz CT molecular complexity index is 1330. The maximum atomic E-state index is 13.1. The van der Waals surface area contributed by atoms with Crippen LogP contribution < -0.4 is 10.6 Å². The third-order valence-corrected chi connectivity index (χ3v) is 7.50. The molecule has 3 aromatic rings. The summed E-state index contributed by atoms with van der Waals surface area (Å²) in [5.41, 5.74) is 2.79. The van der Waals surface area contributed by atoms with Crippen molar-refractivity contribution in [1.29, 1.82) is 0 Å². The van der Waals surface area contributed by atoms with Crippen LogP contribution in [0.15, 0.2) is 34.8 Å². The summed E-state index contributed by atoms with van der Waals surface area (Å²) in [6.45, 7) is 3.46. The first-order valence-electron chi connectivity index (χ1n) is 10.8. The zero-order valence-electron chi connectivity index (χ0n) is 18.4. The van der Waals surface area contributed by atoms with Gasteiger partial charge in [0.15, 0.2) is 0 Å². The van der Waals surface area contributed by atoms with E-state index in [0.717, 1.165) is 19.6 Å². The molecule has 2 N–H and O–H groups in total. The van der Waals surface area contributed by atoms with E-state index in [9.17, 15) is 14.4 Å². The minimum Gasteiger partial charge on any atom is -0.349 e. The molecule has 2 aliphatic heterocycles. The molecule has 0 aliphatic carbocycles. The molecule has 5 rings (SSSR count). The average molecular weight is 611 g/mol. The normalized spacial score (nSPS) is 15.4. The van der Waals surface area contributed by atoms with Crippen LogP contribution in [0.2, 0.25) is 5.02 Å². The molecule has 10 heteroatoms. The van der Waals surface area contributed by atoms with Gasteiger partial charge in [0.2, 0.25) is 0 Å². The van der Waals surface area contributed by atoms with Crippen molar-refractivity contribution in [2.75, 3.05) is 26.2 Å². The highest BCUT2D eigenvalue weighted by atomic mass is 79.9. The lowest BCUT2D eigenvalue weighted by molar-refractivity contribution is 0.0878. The zero-order valence-corrected chi connectivity index (χ0v) is 22.5. The van der Waals surface area contributed by atoms with Crippen molar-refractivity contribution in [3.8, 4) is 11.1 Å². The minimum absolute atomic E-state index is 0. The molecule has 3 amide bonds. The van der Waals surface area contributed by atoms with E-state index in [0.29, 0.717) is 43.8 Å². The number of fused-ring (bicyclic) bond motifs is 3. The second kappa shape index (κ2) is 9.81. The van der Waals surface area contributed by atoms with E-state index in [4.69, 9.17) is 11.6 Å². The van der Waals surface area contributed by atoms with Crippen molar-refractivity contribution in [3.05, 3.63) is 56.6 Å². The van der Waals surface area contributed by atoms with Crippen molar-refractivity contribution in [3.63, 3.8) is 0 Å². The highest BCUT2D eigenvalue weighted by Gasteiger charge is 2.36. The molecule has 34 heavy (non-hydrogen) atoms. The fraction of sp³-hybridized carbons (Fsp3) is 0.292. The van der Waals surface area contributed by atoms with Crippen LogP contribution in [0.3, 0.4) is 0 Å². The van der Waals surface area contributed by atoms with Crippen LogP contribution in [0, 0.1) is 0 Å². The highest BCUT2D eigenvalue weighted by Crippen LogP contribution is 2.42. The Morgan fingerprint density at radius 3 is 2.50 bits per heavy atom. The SMILES string of the molecule is Br.Cn1c(C(=O)NCCN2CCCC2)c(Br)c2c3c(c(-c4ccccc4Cl)cc21)C(=O)NC3=O. The second-order valence-corrected chi connectivity index (χ2v) is 9.56. The lowest BCUT2D eigenvalue weighted by Gasteiger charge is -2.15. The third-order valence-electron chi connectivity index (χ3n) is 6.40. The van der Waals surface area contributed by atoms with Gasteiger partial charge >= 0.3 is 0 Å². The number of halogens is 3. The zero-order chi connectivity index (χ0) is 23.3. The fourth-order valence-corrected chi connectivity index (χ4v) is 5.88. The van der Waals surface area contributed by atoms with E-state index in [1.807, 2.05) is 18.2 Å². The van der Waals surface area contributed by atoms with Crippen LogP contribution in [0.4, 0.5) is 0 Å². The van der Waals surface area contributed by atoms with Gasteiger partial charge in [-0.3, -0.25) is 19.7 Å². The van der Waals surface area contributed by atoms with E-state index < -0.39 is 11.8 Å². The van der Waals surface area contributed by atoms with Crippen LogP contribution in [0.25, 0.3) is 22.0 Å². The minimum atomic E-state index is -0.485. The Labute approximate surface area is 220 Å². The van der Waals surface area contributed by atoms with Crippen LogP contribution in [0.5, 0.6) is 0 Å². The molecule has 3 heterocycles. The maximum absolute atomic E-state index is 13.1. The van der Waals surface area contributed by atoms with Gasteiger partial charge in [0.1, 0.15) is 5.69 Å². The lowest BCUT2D eigenvalue weighted by Crippen LogP contribution is -2.34. The number of aryl methyl sites for hydroxylation is 1. The van der Waals surface area contributed by atoms with Crippen LogP contribution >= 0.6 is 44.5 Å². The van der Waals surface area contributed by atoms with Gasteiger partial charge in [-0.05, 0) is 59.6 Å². The van der Waals surface area contributed by atoms with Gasteiger partial charge in [-0.15, -0.1) is 17.0 Å². The number of nitrogens with one attached hydrogen (secondary N) is 2. The summed E-state index contributed by atoms with van der Waals surface area (Å²) in [5, 5.41) is 6.40. The highest BCUT2D eigenvalue weighted by molar-refractivity contribution is 9.10. The lowest BCUT2D eigenvalue weighted by atomic mass is 9.94. The molecule has 7 nitrogen and oxygen atoms in total. The van der Waals surface area contributed by atoms with Crippen molar-refractivity contribution in [2.24, 2.45) is 7.05 Å². The maximum Gasteiger partial charge on any atom is 0.269 e. The first-order valence-corrected chi connectivity index (χ1v) is 12.0. The molecule has 1 aromatic heterocycles. The number of aromatic nitrogens is 1. The molecule has 1 fully saturated rings. The van der Waals surface area contributed by atoms with Gasteiger partial charge in [-0.25, -0.2) is 0 Å². The molecule has 0 atom stereocenters. The molecule has 0 saturated carbocycles. The summed E-state index contributed by atoms with van der Waals surface area (Å²) < 4.78 is 2.24. The summed E-state index contributed by atoms with van der Waals surface area (Å²) in [7, 11) is 1.78. The molecule has 1 saturated heterocycles. The van der Waals surface area contributed by atoms with Crippen LogP contribution in [-0.2, 0) is 7.05 Å². The molecule has 178 valence electrons. The standard InChI is InChI=1S/C24H22BrClN4O3.BrH/c1-29-16-12-14(13-6-2-3-7-15(13)26)17-19(23(32)28-22(17)31)18(16)20(25)21(29)24(33)27-8-11-30-9-4-5-10-30;/h2-3,6-7,12H,4-5,8-11H2,1H3,(H,27,33)(H,28,31,32);1H. The number of rotatable bonds is 5. The smallest absolute Gasteiger partial charge is 0.269 e. The van der Waals surface area contributed by atoms with Crippen molar-refractivity contribution >= 4 is 73.1 Å². The molecule has 0 bridgehead atoms. The molecule has 0 radical (unpaired) electrons. The molecule has 2 aromatic carbocycles. The Morgan fingerprint density at radius 2 is 1.79 bits per heavy atom. The molecular formula is C24H23Br2ClN4O3. The Balaban J connectivity index is 0.00000274. The molecular weight excluding hydrogens is 588 g/mol. The number of hydrogen-bond acceptors (Lipinski definition) is 4. The fourth-order valence-electron chi connectivity index (χ4n) is 4.79. The summed E-state index contributed by atoms with van der Waals surface area (Å²) in [5.74, 6) is -1.20.